The van der Waals surface area contributed by atoms with Crippen LogP contribution >= 0.6 is 0 Å². The first-order chi connectivity index (χ1) is 11.5. The third kappa shape index (κ3) is 3.64. The Balaban J connectivity index is 1.58. The third-order valence-corrected chi connectivity index (χ3v) is 5.86. The van der Waals surface area contributed by atoms with Crippen molar-refractivity contribution in [2.45, 2.75) is 64.0 Å². The van der Waals surface area contributed by atoms with Gasteiger partial charge in [-0.3, -0.25) is 14.6 Å². The minimum atomic E-state index is -0.0163. The summed E-state index contributed by atoms with van der Waals surface area (Å²) in [5, 5.41) is 6.67. The number of carbonyl (C=O) groups is 1. The molecule has 1 spiro atoms. The Kier molecular flexibility index (Phi) is 5.25. The molecule has 1 N–H and O–H groups in total. The van der Waals surface area contributed by atoms with Crippen molar-refractivity contribution in [1.82, 2.24) is 15.0 Å². The number of aromatic nitrogens is 1. The standard InChI is InChI=1S/C18H30N4O2/c1-4-22(13-17(23)19-16-10-14(2)24-20-16)15-11-18(21(3)12-15)8-6-5-7-9-18/h10,15H,4-9,11-13H2,1-3H3,(H,19,20,23)/t15-/m1/s1. The lowest BCUT2D eigenvalue weighted by Gasteiger charge is -2.39. The summed E-state index contributed by atoms with van der Waals surface area (Å²) in [6.07, 6.45) is 7.86. The number of aryl methyl sites for hydroxylation is 1. The molecule has 2 aliphatic rings. The maximum Gasteiger partial charge on any atom is 0.239 e. The lowest BCUT2D eigenvalue weighted by atomic mass is 9.79. The third-order valence-electron chi connectivity index (χ3n) is 5.86. The summed E-state index contributed by atoms with van der Waals surface area (Å²) in [4.78, 5) is 17.2. The number of rotatable bonds is 5. The van der Waals surface area contributed by atoms with Crippen LogP contribution in [0, 0.1) is 6.92 Å². The highest BCUT2D eigenvalue weighted by Gasteiger charge is 2.45. The molecular formula is C18H30N4O2. The molecule has 1 amide bonds. The van der Waals surface area contributed by atoms with Crippen LogP contribution in [0.4, 0.5) is 5.82 Å². The minimum Gasteiger partial charge on any atom is -0.360 e. The monoisotopic (exact) mass is 334 g/mol. The Morgan fingerprint density at radius 3 is 2.83 bits per heavy atom. The maximum atomic E-state index is 12.3. The van der Waals surface area contributed by atoms with Gasteiger partial charge in [-0.25, -0.2) is 0 Å². The average Bonchev–Trinajstić information content (AvgIpc) is 3.10. The molecule has 1 aromatic rings. The highest BCUT2D eigenvalue weighted by atomic mass is 16.5. The molecule has 1 aliphatic heterocycles. The molecule has 134 valence electrons. The number of carbonyl (C=O) groups excluding carboxylic acids is 1. The predicted molar refractivity (Wildman–Crippen MR) is 94.0 cm³/mol. The van der Waals surface area contributed by atoms with E-state index in [1.165, 1.54) is 38.5 Å². The van der Waals surface area contributed by atoms with Crippen LogP contribution in [0.25, 0.3) is 0 Å². The van der Waals surface area contributed by atoms with Crippen molar-refractivity contribution in [3.63, 3.8) is 0 Å². The summed E-state index contributed by atoms with van der Waals surface area (Å²) in [6.45, 7) is 6.32. The summed E-state index contributed by atoms with van der Waals surface area (Å²) in [5.41, 5.74) is 0.371. The van der Waals surface area contributed by atoms with Gasteiger partial charge in [0.15, 0.2) is 5.82 Å². The zero-order chi connectivity index (χ0) is 17.2. The van der Waals surface area contributed by atoms with Gasteiger partial charge in [-0.05, 0) is 39.8 Å². The van der Waals surface area contributed by atoms with Crippen LogP contribution in [0.1, 0.15) is 51.2 Å². The van der Waals surface area contributed by atoms with Crippen LogP contribution in [0.5, 0.6) is 0 Å². The van der Waals surface area contributed by atoms with Gasteiger partial charge < -0.3 is 9.84 Å². The number of nitrogens with zero attached hydrogens (tertiary/aromatic N) is 3. The molecule has 0 unspecified atom stereocenters. The van der Waals surface area contributed by atoms with E-state index in [9.17, 15) is 4.79 Å². The number of nitrogens with one attached hydrogen (secondary N) is 1. The number of anilines is 1. The molecule has 2 fully saturated rings. The van der Waals surface area contributed by atoms with Crippen LogP contribution in [0.2, 0.25) is 0 Å². The Bertz CT molecular complexity index is 565. The van der Waals surface area contributed by atoms with Crippen molar-refractivity contribution in [2.24, 2.45) is 0 Å². The summed E-state index contributed by atoms with van der Waals surface area (Å²) >= 11 is 0. The second-order valence-corrected chi connectivity index (χ2v) is 7.46. The summed E-state index contributed by atoms with van der Waals surface area (Å²) in [5.74, 6) is 1.19. The fourth-order valence-electron chi connectivity index (χ4n) is 4.50. The second-order valence-electron chi connectivity index (χ2n) is 7.46. The molecular weight excluding hydrogens is 304 g/mol. The smallest absolute Gasteiger partial charge is 0.239 e. The largest absolute Gasteiger partial charge is 0.360 e. The minimum absolute atomic E-state index is 0.0163. The Labute approximate surface area is 144 Å². The van der Waals surface area contributed by atoms with E-state index in [0.717, 1.165) is 13.1 Å². The van der Waals surface area contributed by atoms with Gasteiger partial charge in [0.1, 0.15) is 5.76 Å². The van der Waals surface area contributed by atoms with E-state index in [1.54, 1.807) is 6.07 Å². The summed E-state index contributed by atoms with van der Waals surface area (Å²) < 4.78 is 5.00. The van der Waals surface area contributed by atoms with E-state index in [0.29, 0.717) is 29.7 Å². The molecule has 24 heavy (non-hydrogen) atoms. The Morgan fingerprint density at radius 1 is 1.46 bits per heavy atom. The molecule has 2 heterocycles. The summed E-state index contributed by atoms with van der Waals surface area (Å²) in [6, 6.07) is 2.21. The zero-order valence-electron chi connectivity index (χ0n) is 15.2. The molecule has 6 nitrogen and oxygen atoms in total. The molecule has 3 rings (SSSR count). The van der Waals surface area contributed by atoms with E-state index >= 15 is 0 Å². The molecule has 1 aromatic heterocycles. The molecule has 1 saturated heterocycles. The van der Waals surface area contributed by atoms with Crippen LogP contribution in [-0.2, 0) is 4.79 Å². The molecule has 1 saturated carbocycles. The first-order valence-electron chi connectivity index (χ1n) is 9.21. The van der Waals surface area contributed by atoms with Gasteiger partial charge in [-0.2, -0.15) is 0 Å². The number of hydrogen-bond acceptors (Lipinski definition) is 5. The van der Waals surface area contributed by atoms with Crippen molar-refractivity contribution in [3.8, 4) is 0 Å². The van der Waals surface area contributed by atoms with Crippen LogP contribution < -0.4 is 5.32 Å². The van der Waals surface area contributed by atoms with E-state index in [2.05, 4.69) is 34.2 Å². The SMILES string of the molecule is CCN(CC(=O)Nc1cc(C)on1)[C@H]1CN(C)C2(CCCCC2)C1. The molecule has 0 bridgehead atoms. The summed E-state index contributed by atoms with van der Waals surface area (Å²) in [7, 11) is 2.26. The maximum absolute atomic E-state index is 12.3. The molecule has 0 radical (unpaired) electrons. The van der Waals surface area contributed by atoms with Gasteiger partial charge in [0.25, 0.3) is 0 Å². The van der Waals surface area contributed by atoms with Gasteiger partial charge in [-0.1, -0.05) is 31.3 Å². The normalized spacial score (nSPS) is 23.9. The van der Waals surface area contributed by atoms with Crippen molar-refractivity contribution in [2.75, 3.05) is 32.0 Å². The molecule has 0 aromatic carbocycles. The number of amides is 1. The lowest BCUT2D eigenvalue weighted by Crippen LogP contribution is -2.42. The molecule has 6 heteroatoms. The van der Waals surface area contributed by atoms with Crippen molar-refractivity contribution in [1.29, 1.82) is 0 Å². The van der Waals surface area contributed by atoms with Gasteiger partial charge in [0, 0.05) is 24.2 Å². The fourth-order valence-corrected chi connectivity index (χ4v) is 4.50. The Hall–Kier alpha value is -1.40. The second kappa shape index (κ2) is 7.23. The Morgan fingerprint density at radius 2 is 2.21 bits per heavy atom. The number of likely N-dealkylation sites (tertiary alicyclic amines) is 1. The van der Waals surface area contributed by atoms with Gasteiger partial charge in [0.05, 0.1) is 6.54 Å². The lowest BCUT2D eigenvalue weighted by molar-refractivity contribution is -0.117. The number of likely N-dealkylation sites (N-methyl/N-ethyl adjacent to an activating group) is 2. The predicted octanol–water partition coefficient (Wildman–Crippen LogP) is 2.65. The van der Waals surface area contributed by atoms with Crippen LogP contribution in [0.3, 0.4) is 0 Å². The average molecular weight is 334 g/mol. The van der Waals surface area contributed by atoms with Crippen LogP contribution in [-0.4, -0.2) is 59.1 Å². The van der Waals surface area contributed by atoms with E-state index in [1.807, 2.05) is 6.92 Å². The zero-order valence-corrected chi connectivity index (χ0v) is 15.2. The van der Waals surface area contributed by atoms with Crippen molar-refractivity contribution in [3.05, 3.63) is 11.8 Å². The van der Waals surface area contributed by atoms with Crippen molar-refractivity contribution < 1.29 is 9.32 Å². The topological polar surface area (TPSA) is 61.6 Å². The highest BCUT2D eigenvalue weighted by molar-refractivity contribution is 5.91. The first kappa shape index (κ1) is 17.4. The van der Waals surface area contributed by atoms with E-state index in [-0.39, 0.29) is 5.91 Å². The first-order valence-corrected chi connectivity index (χ1v) is 9.21. The quantitative estimate of drug-likeness (QED) is 0.897. The van der Waals surface area contributed by atoms with Gasteiger partial charge >= 0.3 is 0 Å². The van der Waals surface area contributed by atoms with Crippen molar-refractivity contribution >= 4 is 11.7 Å². The van der Waals surface area contributed by atoms with Gasteiger partial charge in [-0.15, -0.1) is 0 Å². The van der Waals surface area contributed by atoms with Crippen LogP contribution in [0.15, 0.2) is 10.6 Å². The fraction of sp³-hybridized carbons (Fsp3) is 0.778. The van der Waals surface area contributed by atoms with E-state index in [4.69, 9.17) is 4.52 Å². The van der Waals surface area contributed by atoms with E-state index < -0.39 is 0 Å². The molecule has 1 atom stereocenters. The highest BCUT2D eigenvalue weighted by Crippen LogP contribution is 2.41. The van der Waals surface area contributed by atoms with Gasteiger partial charge in [0.2, 0.25) is 5.91 Å². The number of hydrogen-bond donors (Lipinski definition) is 1. The molecule has 1 aliphatic carbocycles.